The van der Waals surface area contributed by atoms with Crippen molar-refractivity contribution >= 4 is 28.6 Å². The second-order valence-corrected chi connectivity index (χ2v) is 9.38. The van der Waals surface area contributed by atoms with Crippen LogP contribution in [-0.2, 0) is 6.42 Å². The van der Waals surface area contributed by atoms with Gasteiger partial charge in [0.05, 0.1) is 5.39 Å². The molecule has 0 bridgehead atoms. The maximum atomic E-state index is 12.9. The fourth-order valence-corrected chi connectivity index (χ4v) is 4.75. The van der Waals surface area contributed by atoms with Gasteiger partial charge in [0.25, 0.3) is 5.91 Å². The molecule has 2 aromatic heterocycles. The standard InChI is InChI=1S/C28H30N6O2/c1-3-18-4-10-22(11-5-18)34-17-24(26(29)36)25(35)23-16-30-28(32-27(23)34)31-21-8-6-19(7-9-21)20-12-14-33(2)15-13-20/h4-11,16-17,20H,3,12-15H2,1-2H3,(H2,29,36)(H,30,31,32). The van der Waals surface area contributed by atoms with Gasteiger partial charge in [-0.25, -0.2) is 4.98 Å². The highest BCUT2D eigenvalue weighted by Crippen LogP contribution is 2.29. The van der Waals surface area contributed by atoms with Crippen molar-refractivity contribution in [1.29, 1.82) is 0 Å². The Kier molecular flexibility index (Phi) is 6.52. The first-order valence-corrected chi connectivity index (χ1v) is 12.3. The molecule has 0 atom stereocenters. The van der Waals surface area contributed by atoms with Crippen LogP contribution in [-0.4, -0.2) is 45.5 Å². The molecule has 5 rings (SSSR count). The van der Waals surface area contributed by atoms with Gasteiger partial charge in [-0.1, -0.05) is 31.2 Å². The highest BCUT2D eigenvalue weighted by molar-refractivity contribution is 5.96. The number of benzene rings is 2. The van der Waals surface area contributed by atoms with Crippen molar-refractivity contribution in [2.24, 2.45) is 5.73 Å². The van der Waals surface area contributed by atoms with Crippen molar-refractivity contribution in [1.82, 2.24) is 19.4 Å². The van der Waals surface area contributed by atoms with E-state index in [2.05, 4.69) is 46.3 Å². The average molecular weight is 483 g/mol. The minimum Gasteiger partial charge on any atom is -0.365 e. The topological polar surface area (TPSA) is 106 Å². The molecule has 1 aliphatic heterocycles. The van der Waals surface area contributed by atoms with Crippen molar-refractivity contribution in [3.8, 4) is 5.69 Å². The second kappa shape index (κ2) is 9.91. The number of pyridine rings is 1. The van der Waals surface area contributed by atoms with Crippen LogP contribution in [0.2, 0.25) is 0 Å². The van der Waals surface area contributed by atoms with E-state index in [0.29, 0.717) is 17.5 Å². The number of anilines is 2. The summed E-state index contributed by atoms with van der Waals surface area (Å²) in [6.45, 7) is 4.33. The molecule has 2 aromatic carbocycles. The van der Waals surface area contributed by atoms with Crippen LogP contribution in [0.3, 0.4) is 0 Å². The number of carbonyl (C=O) groups excluding carboxylic acids is 1. The lowest BCUT2D eigenvalue weighted by atomic mass is 9.89. The molecule has 36 heavy (non-hydrogen) atoms. The van der Waals surface area contributed by atoms with Crippen LogP contribution >= 0.6 is 0 Å². The predicted molar refractivity (Wildman–Crippen MR) is 142 cm³/mol. The van der Waals surface area contributed by atoms with Gasteiger partial charge in [-0.3, -0.25) is 9.59 Å². The summed E-state index contributed by atoms with van der Waals surface area (Å²) in [4.78, 5) is 36.3. The van der Waals surface area contributed by atoms with Gasteiger partial charge in [-0.2, -0.15) is 4.98 Å². The number of nitrogens with zero attached hydrogens (tertiary/aromatic N) is 4. The predicted octanol–water partition coefficient (Wildman–Crippen LogP) is 3.99. The summed E-state index contributed by atoms with van der Waals surface area (Å²) in [7, 11) is 2.17. The minimum atomic E-state index is -0.785. The van der Waals surface area contributed by atoms with E-state index in [1.165, 1.54) is 36.4 Å². The zero-order valence-electron chi connectivity index (χ0n) is 20.6. The molecule has 1 aliphatic rings. The molecular weight excluding hydrogens is 452 g/mol. The van der Waals surface area contributed by atoms with E-state index in [0.717, 1.165) is 30.9 Å². The SMILES string of the molecule is CCc1ccc(-n2cc(C(N)=O)c(=O)c3cnc(Nc4ccc(C5CCN(C)CC5)cc4)nc32)cc1. The zero-order chi connectivity index (χ0) is 25.2. The summed E-state index contributed by atoms with van der Waals surface area (Å²) in [5.74, 6) is 0.160. The number of rotatable bonds is 6. The lowest BCUT2D eigenvalue weighted by molar-refractivity contribution is 0.0999. The number of hydrogen-bond donors (Lipinski definition) is 2. The molecule has 4 aromatic rings. The minimum absolute atomic E-state index is 0.101. The van der Waals surface area contributed by atoms with E-state index in [-0.39, 0.29) is 10.9 Å². The number of aryl methyl sites for hydroxylation is 1. The van der Waals surface area contributed by atoms with Crippen LogP contribution in [0.15, 0.2) is 65.7 Å². The van der Waals surface area contributed by atoms with Crippen LogP contribution in [0.1, 0.15) is 47.2 Å². The van der Waals surface area contributed by atoms with Crippen molar-refractivity contribution in [2.75, 3.05) is 25.5 Å². The van der Waals surface area contributed by atoms with Gasteiger partial charge >= 0.3 is 0 Å². The highest BCUT2D eigenvalue weighted by atomic mass is 16.2. The van der Waals surface area contributed by atoms with Gasteiger partial charge in [0.15, 0.2) is 5.65 Å². The smallest absolute Gasteiger partial charge is 0.254 e. The first kappa shape index (κ1) is 23.7. The van der Waals surface area contributed by atoms with E-state index in [1.54, 1.807) is 4.57 Å². The summed E-state index contributed by atoms with van der Waals surface area (Å²) >= 11 is 0. The van der Waals surface area contributed by atoms with E-state index < -0.39 is 11.3 Å². The summed E-state index contributed by atoms with van der Waals surface area (Å²) in [6, 6.07) is 16.3. The van der Waals surface area contributed by atoms with Gasteiger partial charge in [-0.05, 0) is 80.7 Å². The molecule has 0 saturated carbocycles. The molecule has 0 spiro atoms. The number of primary amides is 1. The van der Waals surface area contributed by atoms with Crippen LogP contribution in [0.4, 0.5) is 11.6 Å². The number of amides is 1. The molecule has 1 fully saturated rings. The number of carbonyl (C=O) groups is 1. The molecule has 3 N–H and O–H groups in total. The maximum absolute atomic E-state index is 12.9. The number of hydrogen-bond acceptors (Lipinski definition) is 6. The molecule has 0 radical (unpaired) electrons. The van der Waals surface area contributed by atoms with Crippen LogP contribution in [0.25, 0.3) is 16.7 Å². The molecule has 0 unspecified atom stereocenters. The number of fused-ring (bicyclic) bond motifs is 1. The van der Waals surface area contributed by atoms with Crippen LogP contribution in [0.5, 0.6) is 0 Å². The Balaban J connectivity index is 1.49. The zero-order valence-corrected chi connectivity index (χ0v) is 20.6. The van der Waals surface area contributed by atoms with Crippen molar-refractivity contribution < 1.29 is 4.79 Å². The largest absolute Gasteiger partial charge is 0.365 e. The Hall–Kier alpha value is -4.04. The summed E-state index contributed by atoms with van der Waals surface area (Å²) in [6.07, 6.45) is 6.15. The van der Waals surface area contributed by atoms with Crippen LogP contribution in [0, 0.1) is 0 Å². The molecular formula is C28H30N6O2. The number of nitrogens with two attached hydrogens (primary N) is 1. The molecule has 1 amide bonds. The average Bonchev–Trinajstić information content (AvgIpc) is 2.90. The Bertz CT molecular complexity index is 1450. The maximum Gasteiger partial charge on any atom is 0.254 e. The van der Waals surface area contributed by atoms with Gasteiger partial charge in [0.1, 0.15) is 5.56 Å². The number of aromatic nitrogens is 3. The van der Waals surface area contributed by atoms with Crippen molar-refractivity contribution in [3.63, 3.8) is 0 Å². The summed E-state index contributed by atoms with van der Waals surface area (Å²) < 4.78 is 1.71. The lowest BCUT2D eigenvalue weighted by Crippen LogP contribution is -2.29. The number of piperidine rings is 1. The van der Waals surface area contributed by atoms with Gasteiger partial charge in [0, 0.05) is 23.8 Å². The Labute approximate surface area is 209 Å². The van der Waals surface area contributed by atoms with Crippen molar-refractivity contribution in [2.45, 2.75) is 32.1 Å². The third kappa shape index (κ3) is 4.72. The van der Waals surface area contributed by atoms with Crippen molar-refractivity contribution in [3.05, 3.63) is 87.8 Å². The fourth-order valence-electron chi connectivity index (χ4n) is 4.75. The molecule has 184 valence electrons. The Morgan fingerprint density at radius 3 is 2.42 bits per heavy atom. The van der Waals surface area contributed by atoms with Gasteiger partial charge < -0.3 is 20.5 Å². The van der Waals surface area contributed by atoms with E-state index in [4.69, 9.17) is 5.73 Å². The first-order chi connectivity index (χ1) is 17.4. The first-order valence-electron chi connectivity index (χ1n) is 12.3. The lowest BCUT2D eigenvalue weighted by Gasteiger charge is -2.29. The van der Waals surface area contributed by atoms with E-state index >= 15 is 0 Å². The van der Waals surface area contributed by atoms with Gasteiger partial charge in [0.2, 0.25) is 11.4 Å². The third-order valence-electron chi connectivity index (χ3n) is 6.99. The van der Waals surface area contributed by atoms with E-state index in [1.807, 2.05) is 36.4 Å². The van der Waals surface area contributed by atoms with Gasteiger partial charge in [-0.15, -0.1) is 0 Å². The molecule has 3 heterocycles. The normalized spacial score (nSPS) is 14.7. The molecule has 8 heteroatoms. The number of likely N-dealkylation sites (tertiary alicyclic amines) is 1. The summed E-state index contributed by atoms with van der Waals surface area (Å²) in [5.41, 5.74) is 9.47. The second-order valence-electron chi connectivity index (χ2n) is 9.38. The molecule has 0 aliphatic carbocycles. The highest BCUT2D eigenvalue weighted by Gasteiger charge is 2.19. The van der Waals surface area contributed by atoms with E-state index in [9.17, 15) is 9.59 Å². The Morgan fingerprint density at radius 1 is 1.08 bits per heavy atom. The quantitative estimate of drug-likeness (QED) is 0.430. The Morgan fingerprint density at radius 2 is 1.78 bits per heavy atom. The number of nitrogens with one attached hydrogen (secondary N) is 1. The van der Waals surface area contributed by atoms with Crippen LogP contribution < -0.4 is 16.5 Å². The summed E-state index contributed by atoms with van der Waals surface area (Å²) in [5, 5.41) is 3.48. The monoisotopic (exact) mass is 482 g/mol. The molecule has 8 nitrogen and oxygen atoms in total. The molecule has 1 saturated heterocycles. The third-order valence-corrected chi connectivity index (χ3v) is 6.99. The fraction of sp³-hybridized carbons (Fsp3) is 0.286.